The maximum absolute atomic E-state index is 11.7. The van der Waals surface area contributed by atoms with Gasteiger partial charge >= 0.3 is 0 Å². The number of carbonyl (C=O) groups is 1. The normalized spacial score (nSPS) is 15.5. The number of hydrogen-bond donors (Lipinski definition) is 1. The van der Waals surface area contributed by atoms with Gasteiger partial charge < -0.3 is 10.1 Å². The van der Waals surface area contributed by atoms with Crippen LogP contribution in [0.1, 0.15) is 5.56 Å². The second-order valence-corrected chi connectivity index (χ2v) is 8.40. The lowest BCUT2D eigenvalue weighted by atomic mass is 10.2. The van der Waals surface area contributed by atoms with Crippen molar-refractivity contribution in [1.82, 2.24) is 5.32 Å². The maximum atomic E-state index is 11.7. The van der Waals surface area contributed by atoms with Crippen LogP contribution in [0.3, 0.4) is 0 Å². The summed E-state index contributed by atoms with van der Waals surface area (Å²) in [6.07, 6.45) is 1.81. The van der Waals surface area contributed by atoms with E-state index in [4.69, 9.17) is 28.6 Å². The van der Waals surface area contributed by atoms with E-state index in [2.05, 4.69) is 5.32 Å². The van der Waals surface area contributed by atoms with Crippen LogP contribution in [0.2, 0.25) is 5.02 Å². The van der Waals surface area contributed by atoms with Crippen molar-refractivity contribution in [2.45, 2.75) is 4.90 Å². The van der Waals surface area contributed by atoms with Gasteiger partial charge in [0.25, 0.3) is 5.91 Å². The fourth-order valence-corrected chi connectivity index (χ4v) is 4.02. The number of rotatable bonds is 6. The van der Waals surface area contributed by atoms with E-state index in [0.29, 0.717) is 15.8 Å². The minimum Gasteiger partial charge on any atom is -0.493 e. The molecule has 1 fully saturated rings. The van der Waals surface area contributed by atoms with E-state index >= 15 is 0 Å². The van der Waals surface area contributed by atoms with Gasteiger partial charge in [0, 0.05) is 15.7 Å². The molecule has 1 aliphatic heterocycles. The molecule has 3 nitrogen and oxygen atoms in total. The monoisotopic (exact) mass is 407 g/mol. The minimum absolute atomic E-state index is 0.152. The highest BCUT2D eigenvalue weighted by Gasteiger charge is 2.21. The summed E-state index contributed by atoms with van der Waals surface area (Å²) < 4.78 is 6.28. The summed E-state index contributed by atoms with van der Waals surface area (Å²) in [5.74, 6) is 1.46. The van der Waals surface area contributed by atoms with Crippen LogP contribution in [0.15, 0.2) is 58.3 Å². The van der Waals surface area contributed by atoms with E-state index in [1.165, 1.54) is 11.8 Å². The van der Waals surface area contributed by atoms with Crippen molar-refractivity contribution in [2.24, 2.45) is 0 Å². The molecule has 0 atom stereocenters. The standard InChI is InChI=1S/C18H14ClNO2S3/c19-13-4-6-15(7-5-13)24-9-8-22-14-3-1-2-12(10-14)11-16-17(21)20-18(23)25-16/h1-7,10-11H,8-9H2,(H,20,21,23)/b16-11-. The largest absolute Gasteiger partial charge is 0.493 e. The Morgan fingerprint density at radius 1 is 1.24 bits per heavy atom. The van der Waals surface area contributed by atoms with Crippen molar-refractivity contribution in [2.75, 3.05) is 12.4 Å². The van der Waals surface area contributed by atoms with Crippen LogP contribution in [-0.4, -0.2) is 22.6 Å². The van der Waals surface area contributed by atoms with Crippen LogP contribution in [0.5, 0.6) is 5.75 Å². The Labute approximate surface area is 165 Å². The minimum atomic E-state index is -0.152. The summed E-state index contributed by atoms with van der Waals surface area (Å²) in [6, 6.07) is 15.4. The van der Waals surface area contributed by atoms with Gasteiger partial charge in [-0.2, -0.15) is 0 Å². The van der Waals surface area contributed by atoms with Gasteiger partial charge in [-0.05, 0) is 48.0 Å². The lowest BCUT2D eigenvalue weighted by molar-refractivity contribution is -0.115. The highest BCUT2D eigenvalue weighted by atomic mass is 35.5. The number of benzene rings is 2. The summed E-state index contributed by atoms with van der Waals surface area (Å²) in [5, 5.41) is 3.34. The molecule has 7 heteroatoms. The van der Waals surface area contributed by atoms with Gasteiger partial charge in [-0.3, -0.25) is 4.79 Å². The number of hydrogen-bond acceptors (Lipinski definition) is 5. The molecule has 0 aliphatic carbocycles. The zero-order chi connectivity index (χ0) is 17.6. The number of nitrogens with one attached hydrogen (secondary N) is 1. The molecule has 3 rings (SSSR count). The predicted molar refractivity (Wildman–Crippen MR) is 110 cm³/mol. The number of thioether (sulfide) groups is 2. The Morgan fingerprint density at radius 3 is 2.76 bits per heavy atom. The molecule has 1 amide bonds. The molecule has 0 saturated carbocycles. The molecule has 1 N–H and O–H groups in total. The van der Waals surface area contributed by atoms with Crippen LogP contribution in [0.4, 0.5) is 0 Å². The molecule has 0 aromatic heterocycles. The number of thiocarbonyl (C=S) groups is 1. The lowest BCUT2D eigenvalue weighted by Gasteiger charge is -2.07. The molecule has 2 aromatic rings. The molecule has 0 radical (unpaired) electrons. The molecule has 0 spiro atoms. The third-order valence-electron chi connectivity index (χ3n) is 3.23. The van der Waals surface area contributed by atoms with E-state index < -0.39 is 0 Å². The average Bonchev–Trinajstić information content (AvgIpc) is 2.91. The van der Waals surface area contributed by atoms with E-state index in [1.807, 2.05) is 54.6 Å². The molecular weight excluding hydrogens is 394 g/mol. The van der Waals surface area contributed by atoms with Gasteiger partial charge in [0.15, 0.2) is 0 Å². The molecule has 25 heavy (non-hydrogen) atoms. The van der Waals surface area contributed by atoms with Crippen molar-refractivity contribution in [3.05, 3.63) is 64.0 Å². The number of amides is 1. The second kappa shape index (κ2) is 8.76. The first-order chi connectivity index (χ1) is 12.1. The molecule has 0 unspecified atom stereocenters. The first-order valence-electron chi connectivity index (χ1n) is 7.46. The number of ether oxygens (including phenoxy) is 1. The first-order valence-corrected chi connectivity index (χ1v) is 10.0. The summed E-state index contributed by atoms with van der Waals surface area (Å²) in [6.45, 7) is 0.590. The van der Waals surface area contributed by atoms with Gasteiger partial charge in [0.1, 0.15) is 10.1 Å². The smallest absolute Gasteiger partial charge is 0.263 e. The SMILES string of the molecule is O=C1NC(=S)S/C1=C\c1cccc(OCCSc2ccc(Cl)cc2)c1. The van der Waals surface area contributed by atoms with E-state index in [1.54, 1.807) is 11.8 Å². The van der Waals surface area contributed by atoms with Crippen molar-refractivity contribution in [3.63, 3.8) is 0 Å². The molecule has 1 heterocycles. The molecule has 1 saturated heterocycles. The molecule has 1 aliphatic rings. The van der Waals surface area contributed by atoms with Gasteiger partial charge in [0.05, 0.1) is 11.5 Å². The maximum Gasteiger partial charge on any atom is 0.263 e. The average molecular weight is 408 g/mol. The van der Waals surface area contributed by atoms with Crippen LogP contribution in [-0.2, 0) is 4.79 Å². The van der Waals surface area contributed by atoms with Gasteiger partial charge in [0.2, 0.25) is 0 Å². The van der Waals surface area contributed by atoms with Crippen molar-refractivity contribution in [3.8, 4) is 5.75 Å². The Bertz CT molecular complexity index is 821. The van der Waals surface area contributed by atoms with Gasteiger partial charge in [-0.1, -0.05) is 47.7 Å². The number of halogens is 1. The fraction of sp³-hybridized carbons (Fsp3) is 0.111. The second-order valence-electron chi connectivity index (χ2n) is 5.08. The zero-order valence-corrected chi connectivity index (χ0v) is 16.2. The highest BCUT2D eigenvalue weighted by molar-refractivity contribution is 8.26. The van der Waals surface area contributed by atoms with Crippen molar-refractivity contribution >= 4 is 63.6 Å². The van der Waals surface area contributed by atoms with Gasteiger partial charge in [-0.15, -0.1) is 11.8 Å². The Balaban J connectivity index is 1.53. The molecule has 0 bridgehead atoms. The van der Waals surface area contributed by atoms with Crippen LogP contribution in [0, 0.1) is 0 Å². The Kier molecular flexibility index (Phi) is 6.42. The van der Waals surface area contributed by atoms with Gasteiger partial charge in [-0.25, -0.2) is 0 Å². The first kappa shape index (κ1) is 18.3. The van der Waals surface area contributed by atoms with Crippen molar-refractivity contribution < 1.29 is 9.53 Å². The van der Waals surface area contributed by atoms with Crippen LogP contribution >= 0.6 is 47.3 Å². The fourth-order valence-electron chi connectivity index (χ4n) is 2.12. The molecule has 128 valence electrons. The number of carbonyl (C=O) groups excluding carboxylic acids is 1. The highest BCUT2D eigenvalue weighted by Crippen LogP contribution is 2.27. The summed E-state index contributed by atoms with van der Waals surface area (Å²) in [5.41, 5.74) is 0.908. The topological polar surface area (TPSA) is 38.3 Å². The van der Waals surface area contributed by atoms with E-state index in [0.717, 1.165) is 27.0 Å². The van der Waals surface area contributed by atoms with Crippen molar-refractivity contribution in [1.29, 1.82) is 0 Å². The predicted octanol–water partition coefficient (Wildman–Crippen LogP) is 5.00. The Hall–Kier alpha value is -1.47. The van der Waals surface area contributed by atoms with E-state index in [-0.39, 0.29) is 5.91 Å². The van der Waals surface area contributed by atoms with Crippen LogP contribution in [0.25, 0.3) is 6.08 Å². The zero-order valence-electron chi connectivity index (χ0n) is 13.0. The third kappa shape index (κ3) is 5.51. The molecular formula is C18H14ClNO2S3. The summed E-state index contributed by atoms with van der Waals surface area (Å²) in [4.78, 5) is 13.5. The summed E-state index contributed by atoms with van der Waals surface area (Å²) in [7, 11) is 0. The van der Waals surface area contributed by atoms with E-state index in [9.17, 15) is 4.79 Å². The lowest BCUT2D eigenvalue weighted by Crippen LogP contribution is -2.17. The molecule has 2 aromatic carbocycles. The van der Waals surface area contributed by atoms with Crippen LogP contribution < -0.4 is 10.1 Å². The third-order valence-corrected chi connectivity index (χ3v) is 5.62. The Morgan fingerprint density at radius 2 is 2.04 bits per heavy atom. The quantitative estimate of drug-likeness (QED) is 0.315. The summed E-state index contributed by atoms with van der Waals surface area (Å²) >= 11 is 13.8.